The Balaban J connectivity index is 2.79. The van der Waals surface area contributed by atoms with E-state index >= 15 is 0 Å². The molecule has 0 aliphatic carbocycles. The van der Waals surface area contributed by atoms with Crippen LogP contribution in [0, 0.1) is 0 Å². The maximum absolute atomic E-state index is 12.1. The zero-order valence-electron chi connectivity index (χ0n) is 11.7. The smallest absolute Gasteiger partial charge is 0.252 e. The molecule has 0 saturated heterocycles. The highest BCUT2D eigenvalue weighted by molar-refractivity contribution is 5.84. The van der Waals surface area contributed by atoms with E-state index in [0.29, 0.717) is 0 Å². The van der Waals surface area contributed by atoms with Crippen LogP contribution in [0.2, 0.25) is 0 Å². The zero-order valence-corrected chi connectivity index (χ0v) is 11.7. The molecule has 100 valence electrons. The van der Waals surface area contributed by atoms with E-state index in [-0.39, 0.29) is 11.9 Å². The summed E-state index contributed by atoms with van der Waals surface area (Å²) < 4.78 is 5.20. The standard InChI is InChI=1S/C15H23NO2/c1-5-9-13(12-10-7-6-8-11-12)16-14(17)15(2,3)18-4/h6-8,10-11,13H,5,9H2,1-4H3,(H,16,17). The first-order valence-corrected chi connectivity index (χ1v) is 6.42. The van der Waals surface area contributed by atoms with Crippen LogP contribution in [0.15, 0.2) is 30.3 Å². The Labute approximate surface area is 110 Å². The second-order valence-electron chi connectivity index (χ2n) is 4.94. The quantitative estimate of drug-likeness (QED) is 0.841. The maximum Gasteiger partial charge on any atom is 0.252 e. The van der Waals surface area contributed by atoms with E-state index < -0.39 is 5.60 Å². The lowest BCUT2D eigenvalue weighted by Gasteiger charge is -2.26. The third-order valence-electron chi connectivity index (χ3n) is 3.14. The monoisotopic (exact) mass is 249 g/mol. The van der Waals surface area contributed by atoms with Gasteiger partial charge in [-0.2, -0.15) is 0 Å². The molecule has 0 heterocycles. The van der Waals surface area contributed by atoms with Gasteiger partial charge in [-0.25, -0.2) is 0 Å². The number of benzene rings is 1. The first-order chi connectivity index (χ1) is 8.51. The van der Waals surface area contributed by atoms with Gasteiger partial charge in [-0.1, -0.05) is 43.7 Å². The lowest BCUT2D eigenvalue weighted by atomic mass is 10.0. The predicted molar refractivity (Wildman–Crippen MR) is 73.3 cm³/mol. The minimum absolute atomic E-state index is 0.0538. The topological polar surface area (TPSA) is 38.3 Å². The molecule has 18 heavy (non-hydrogen) atoms. The van der Waals surface area contributed by atoms with Crippen molar-refractivity contribution >= 4 is 5.91 Å². The number of hydrogen-bond donors (Lipinski definition) is 1. The molecular formula is C15H23NO2. The molecule has 0 saturated carbocycles. The molecule has 0 aromatic heterocycles. The van der Waals surface area contributed by atoms with Gasteiger partial charge in [0.25, 0.3) is 5.91 Å². The fourth-order valence-electron chi connectivity index (χ4n) is 1.72. The van der Waals surface area contributed by atoms with Crippen molar-refractivity contribution in [1.29, 1.82) is 0 Å². The summed E-state index contributed by atoms with van der Waals surface area (Å²) in [5, 5.41) is 3.06. The van der Waals surface area contributed by atoms with Crippen LogP contribution in [0.1, 0.15) is 45.2 Å². The van der Waals surface area contributed by atoms with Gasteiger partial charge in [-0.05, 0) is 25.8 Å². The summed E-state index contributed by atoms with van der Waals surface area (Å²) in [5.41, 5.74) is 0.348. The summed E-state index contributed by atoms with van der Waals surface area (Å²) in [5.74, 6) is -0.0766. The fourth-order valence-corrected chi connectivity index (χ4v) is 1.72. The minimum Gasteiger partial charge on any atom is -0.369 e. The van der Waals surface area contributed by atoms with Gasteiger partial charge in [0, 0.05) is 7.11 Å². The van der Waals surface area contributed by atoms with E-state index in [0.717, 1.165) is 18.4 Å². The summed E-state index contributed by atoms with van der Waals surface area (Å²) in [4.78, 5) is 12.1. The Morgan fingerprint density at radius 3 is 2.44 bits per heavy atom. The second kappa shape index (κ2) is 6.55. The Morgan fingerprint density at radius 1 is 1.33 bits per heavy atom. The van der Waals surface area contributed by atoms with Crippen molar-refractivity contribution in [3.63, 3.8) is 0 Å². The second-order valence-corrected chi connectivity index (χ2v) is 4.94. The maximum atomic E-state index is 12.1. The molecule has 1 amide bonds. The fraction of sp³-hybridized carbons (Fsp3) is 0.533. The molecule has 0 bridgehead atoms. The number of ether oxygens (including phenoxy) is 1. The number of methoxy groups -OCH3 is 1. The van der Waals surface area contributed by atoms with E-state index in [1.807, 2.05) is 30.3 Å². The minimum atomic E-state index is -0.791. The van der Waals surface area contributed by atoms with E-state index in [1.54, 1.807) is 21.0 Å². The molecule has 0 radical (unpaired) electrons. The third-order valence-corrected chi connectivity index (χ3v) is 3.14. The first kappa shape index (κ1) is 14.7. The van der Waals surface area contributed by atoms with E-state index in [1.165, 1.54) is 0 Å². The van der Waals surface area contributed by atoms with Gasteiger partial charge in [0.1, 0.15) is 5.60 Å². The van der Waals surface area contributed by atoms with Gasteiger partial charge >= 0.3 is 0 Å². The van der Waals surface area contributed by atoms with Crippen molar-refractivity contribution in [3.8, 4) is 0 Å². The van der Waals surface area contributed by atoms with Gasteiger partial charge < -0.3 is 10.1 Å². The highest BCUT2D eigenvalue weighted by atomic mass is 16.5. The van der Waals surface area contributed by atoms with Crippen molar-refractivity contribution in [2.24, 2.45) is 0 Å². The first-order valence-electron chi connectivity index (χ1n) is 6.42. The molecule has 1 N–H and O–H groups in total. The summed E-state index contributed by atoms with van der Waals surface area (Å²) in [6.45, 7) is 5.66. The summed E-state index contributed by atoms with van der Waals surface area (Å²) in [7, 11) is 1.55. The highest BCUT2D eigenvalue weighted by Gasteiger charge is 2.28. The number of amides is 1. The molecule has 1 unspecified atom stereocenters. The van der Waals surface area contributed by atoms with Crippen LogP contribution >= 0.6 is 0 Å². The Morgan fingerprint density at radius 2 is 1.94 bits per heavy atom. The van der Waals surface area contributed by atoms with Gasteiger partial charge in [-0.15, -0.1) is 0 Å². The van der Waals surface area contributed by atoms with Gasteiger partial charge in [-0.3, -0.25) is 4.79 Å². The summed E-state index contributed by atoms with van der Waals surface area (Å²) in [6.07, 6.45) is 1.95. The molecule has 0 fully saturated rings. The van der Waals surface area contributed by atoms with Gasteiger partial charge in [0.05, 0.1) is 6.04 Å². The Hall–Kier alpha value is -1.35. The summed E-state index contributed by atoms with van der Waals surface area (Å²) in [6, 6.07) is 10.1. The normalized spacial score (nSPS) is 13.1. The van der Waals surface area contributed by atoms with Crippen LogP contribution in [0.4, 0.5) is 0 Å². The van der Waals surface area contributed by atoms with Crippen molar-refractivity contribution in [3.05, 3.63) is 35.9 Å². The van der Waals surface area contributed by atoms with Crippen molar-refractivity contribution < 1.29 is 9.53 Å². The predicted octanol–water partition coefficient (Wildman–Crippen LogP) is 3.07. The van der Waals surface area contributed by atoms with Crippen molar-refractivity contribution in [2.75, 3.05) is 7.11 Å². The SMILES string of the molecule is CCCC(NC(=O)C(C)(C)OC)c1ccccc1. The van der Waals surface area contributed by atoms with Gasteiger partial charge in [0.2, 0.25) is 0 Å². The number of carbonyl (C=O) groups is 1. The van der Waals surface area contributed by atoms with E-state index in [4.69, 9.17) is 4.74 Å². The summed E-state index contributed by atoms with van der Waals surface area (Å²) >= 11 is 0. The van der Waals surface area contributed by atoms with Crippen LogP contribution < -0.4 is 5.32 Å². The number of nitrogens with one attached hydrogen (secondary N) is 1. The average molecular weight is 249 g/mol. The molecular weight excluding hydrogens is 226 g/mol. The molecule has 0 aliphatic rings. The van der Waals surface area contributed by atoms with Crippen molar-refractivity contribution in [2.45, 2.75) is 45.3 Å². The van der Waals surface area contributed by atoms with Crippen LogP contribution in [0.3, 0.4) is 0 Å². The largest absolute Gasteiger partial charge is 0.369 e. The van der Waals surface area contributed by atoms with E-state index in [9.17, 15) is 4.79 Å². The number of hydrogen-bond acceptors (Lipinski definition) is 2. The number of carbonyl (C=O) groups excluding carboxylic acids is 1. The lowest BCUT2D eigenvalue weighted by molar-refractivity contribution is -0.140. The molecule has 3 nitrogen and oxygen atoms in total. The van der Waals surface area contributed by atoms with Crippen LogP contribution in [-0.2, 0) is 9.53 Å². The number of rotatable bonds is 6. The van der Waals surface area contributed by atoms with Gasteiger partial charge in [0.15, 0.2) is 0 Å². The average Bonchev–Trinajstić information content (AvgIpc) is 2.39. The van der Waals surface area contributed by atoms with Crippen LogP contribution in [-0.4, -0.2) is 18.6 Å². The Bertz CT molecular complexity index is 373. The molecule has 1 rings (SSSR count). The highest BCUT2D eigenvalue weighted by Crippen LogP contribution is 2.20. The molecule has 1 aromatic rings. The molecule has 0 spiro atoms. The molecule has 0 aliphatic heterocycles. The van der Waals surface area contributed by atoms with E-state index in [2.05, 4.69) is 12.2 Å². The molecule has 1 atom stereocenters. The third kappa shape index (κ3) is 3.84. The van der Waals surface area contributed by atoms with Crippen LogP contribution in [0.5, 0.6) is 0 Å². The Kier molecular flexibility index (Phi) is 5.35. The van der Waals surface area contributed by atoms with Crippen LogP contribution in [0.25, 0.3) is 0 Å². The lowest BCUT2D eigenvalue weighted by Crippen LogP contribution is -2.45. The molecule has 1 aromatic carbocycles. The molecule has 3 heteroatoms. The zero-order chi connectivity index (χ0) is 13.6. The van der Waals surface area contributed by atoms with Crippen molar-refractivity contribution in [1.82, 2.24) is 5.32 Å².